The summed E-state index contributed by atoms with van der Waals surface area (Å²) in [5.74, 6) is -0.271. The molecule has 1 N–H and O–H groups in total. The SMILES string of the molecule is CN(C)CCCNC(=O)c1cncc(C(=O)N2CCN(c3ccccc3)CC2)c1. The van der Waals surface area contributed by atoms with Crippen LogP contribution in [0.5, 0.6) is 0 Å². The van der Waals surface area contributed by atoms with E-state index in [-0.39, 0.29) is 11.8 Å². The van der Waals surface area contributed by atoms with Gasteiger partial charge in [0.2, 0.25) is 0 Å². The van der Waals surface area contributed by atoms with Gasteiger partial charge in [0.1, 0.15) is 0 Å². The Bertz CT molecular complexity index is 817. The Morgan fingerprint density at radius 1 is 1.03 bits per heavy atom. The van der Waals surface area contributed by atoms with Gasteiger partial charge in [-0.3, -0.25) is 14.6 Å². The van der Waals surface area contributed by atoms with Gasteiger partial charge in [-0.1, -0.05) is 18.2 Å². The smallest absolute Gasteiger partial charge is 0.255 e. The zero-order valence-electron chi connectivity index (χ0n) is 17.2. The molecule has 2 aromatic rings. The van der Waals surface area contributed by atoms with Crippen LogP contribution in [0.4, 0.5) is 5.69 Å². The number of nitrogens with one attached hydrogen (secondary N) is 1. The van der Waals surface area contributed by atoms with Crippen molar-refractivity contribution in [3.63, 3.8) is 0 Å². The van der Waals surface area contributed by atoms with Gasteiger partial charge >= 0.3 is 0 Å². The zero-order valence-corrected chi connectivity index (χ0v) is 17.2. The van der Waals surface area contributed by atoms with Gasteiger partial charge < -0.3 is 20.0 Å². The lowest BCUT2D eigenvalue weighted by Gasteiger charge is -2.36. The molecule has 7 nitrogen and oxygen atoms in total. The summed E-state index contributed by atoms with van der Waals surface area (Å²) in [5.41, 5.74) is 2.05. The molecule has 0 bridgehead atoms. The summed E-state index contributed by atoms with van der Waals surface area (Å²) in [6.07, 6.45) is 3.91. The van der Waals surface area contributed by atoms with Crippen LogP contribution in [0.25, 0.3) is 0 Å². The van der Waals surface area contributed by atoms with Crippen molar-refractivity contribution in [2.24, 2.45) is 0 Å². The van der Waals surface area contributed by atoms with Gasteiger partial charge in [0, 0.05) is 50.8 Å². The number of benzene rings is 1. The number of carbonyl (C=O) groups excluding carboxylic acids is 2. The summed E-state index contributed by atoms with van der Waals surface area (Å²) in [7, 11) is 4.00. The van der Waals surface area contributed by atoms with Crippen molar-refractivity contribution in [2.45, 2.75) is 6.42 Å². The number of hydrogen-bond donors (Lipinski definition) is 1. The van der Waals surface area contributed by atoms with Crippen molar-refractivity contribution in [3.05, 3.63) is 59.9 Å². The van der Waals surface area contributed by atoms with E-state index < -0.39 is 0 Å². The van der Waals surface area contributed by atoms with Crippen molar-refractivity contribution in [2.75, 3.05) is 58.3 Å². The topological polar surface area (TPSA) is 68.8 Å². The summed E-state index contributed by atoms with van der Waals surface area (Å²) >= 11 is 0. The molecule has 1 aromatic carbocycles. The fourth-order valence-corrected chi connectivity index (χ4v) is 3.37. The summed E-state index contributed by atoms with van der Waals surface area (Å²) in [5, 5.41) is 2.89. The summed E-state index contributed by atoms with van der Waals surface area (Å²) in [6.45, 7) is 4.37. The van der Waals surface area contributed by atoms with E-state index in [1.807, 2.05) is 37.2 Å². The highest BCUT2D eigenvalue weighted by atomic mass is 16.2. The average Bonchev–Trinajstić information content (AvgIpc) is 2.77. The van der Waals surface area contributed by atoms with Crippen molar-refractivity contribution < 1.29 is 9.59 Å². The molecule has 0 spiro atoms. The van der Waals surface area contributed by atoms with E-state index in [0.717, 1.165) is 26.1 Å². The maximum absolute atomic E-state index is 12.9. The molecule has 7 heteroatoms. The zero-order chi connectivity index (χ0) is 20.6. The molecule has 0 aliphatic carbocycles. The Kier molecular flexibility index (Phi) is 7.19. The largest absolute Gasteiger partial charge is 0.368 e. The maximum Gasteiger partial charge on any atom is 0.255 e. The van der Waals surface area contributed by atoms with Crippen LogP contribution in [0.2, 0.25) is 0 Å². The van der Waals surface area contributed by atoms with Crippen LogP contribution in [0.15, 0.2) is 48.8 Å². The molecule has 2 amide bonds. The highest BCUT2D eigenvalue weighted by Gasteiger charge is 2.23. The van der Waals surface area contributed by atoms with Crippen LogP contribution in [0, 0.1) is 0 Å². The normalized spacial score (nSPS) is 14.2. The van der Waals surface area contributed by atoms with Crippen LogP contribution < -0.4 is 10.2 Å². The van der Waals surface area contributed by atoms with Crippen molar-refractivity contribution in [1.29, 1.82) is 0 Å². The summed E-state index contributed by atoms with van der Waals surface area (Å²) < 4.78 is 0. The Morgan fingerprint density at radius 2 is 1.72 bits per heavy atom. The molecular weight excluding hydrogens is 366 g/mol. The first-order valence-corrected chi connectivity index (χ1v) is 10.0. The molecule has 2 heterocycles. The minimum Gasteiger partial charge on any atom is -0.368 e. The lowest BCUT2D eigenvalue weighted by Crippen LogP contribution is -2.48. The lowest BCUT2D eigenvalue weighted by atomic mass is 10.1. The van der Waals surface area contributed by atoms with E-state index in [2.05, 4.69) is 32.2 Å². The number of anilines is 1. The number of nitrogens with zero attached hydrogens (tertiary/aromatic N) is 4. The van der Waals surface area contributed by atoms with E-state index >= 15 is 0 Å². The molecule has 0 unspecified atom stereocenters. The third-order valence-electron chi connectivity index (χ3n) is 5.00. The molecule has 1 saturated heterocycles. The Morgan fingerprint density at radius 3 is 2.41 bits per heavy atom. The minimum atomic E-state index is -0.195. The first-order valence-electron chi connectivity index (χ1n) is 10.0. The van der Waals surface area contributed by atoms with Crippen LogP contribution in [0.3, 0.4) is 0 Å². The predicted molar refractivity (Wildman–Crippen MR) is 114 cm³/mol. The van der Waals surface area contributed by atoms with Crippen molar-refractivity contribution >= 4 is 17.5 Å². The molecule has 0 saturated carbocycles. The molecule has 154 valence electrons. The third kappa shape index (κ3) is 5.77. The average molecular weight is 396 g/mol. The molecule has 1 aromatic heterocycles. The number of carbonyl (C=O) groups is 2. The Hall–Kier alpha value is -2.93. The Balaban J connectivity index is 1.55. The molecule has 3 rings (SSSR count). The van der Waals surface area contributed by atoms with Crippen LogP contribution in [0.1, 0.15) is 27.1 Å². The number of aromatic nitrogens is 1. The maximum atomic E-state index is 12.9. The van der Waals surface area contributed by atoms with Gasteiger partial charge in [0.05, 0.1) is 11.1 Å². The third-order valence-corrected chi connectivity index (χ3v) is 5.00. The first kappa shape index (κ1) is 20.8. The second-order valence-electron chi connectivity index (χ2n) is 7.49. The van der Waals surface area contributed by atoms with E-state index in [0.29, 0.717) is 30.8 Å². The number of para-hydroxylation sites is 1. The van der Waals surface area contributed by atoms with Crippen molar-refractivity contribution in [1.82, 2.24) is 20.1 Å². The quantitative estimate of drug-likeness (QED) is 0.723. The number of pyridine rings is 1. The van der Waals surface area contributed by atoms with Gasteiger partial charge in [-0.25, -0.2) is 0 Å². The highest BCUT2D eigenvalue weighted by molar-refractivity contribution is 5.99. The van der Waals surface area contributed by atoms with E-state index in [1.165, 1.54) is 18.1 Å². The van der Waals surface area contributed by atoms with Crippen LogP contribution in [-0.4, -0.2) is 80.0 Å². The molecule has 0 radical (unpaired) electrons. The monoisotopic (exact) mass is 395 g/mol. The molecule has 0 atom stereocenters. The Labute approximate surface area is 172 Å². The lowest BCUT2D eigenvalue weighted by molar-refractivity contribution is 0.0746. The fourth-order valence-electron chi connectivity index (χ4n) is 3.37. The van der Waals surface area contributed by atoms with Crippen molar-refractivity contribution in [3.8, 4) is 0 Å². The summed E-state index contributed by atoms with van der Waals surface area (Å²) in [6, 6.07) is 11.9. The van der Waals surface area contributed by atoms with Gasteiger partial charge in [-0.05, 0) is 45.3 Å². The first-order chi connectivity index (χ1) is 14.0. The summed E-state index contributed by atoms with van der Waals surface area (Å²) in [4.78, 5) is 35.5. The number of rotatable bonds is 7. The van der Waals surface area contributed by atoms with E-state index in [4.69, 9.17) is 0 Å². The van der Waals surface area contributed by atoms with E-state index in [9.17, 15) is 9.59 Å². The molecule has 29 heavy (non-hydrogen) atoms. The second kappa shape index (κ2) is 10.0. The second-order valence-corrected chi connectivity index (χ2v) is 7.49. The molecular formula is C22H29N5O2. The molecule has 1 aliphatic heterocycles. The number of piperazine rings is 1. The predicted octanol–water partition coefficient (Wildman–Crippen LogP) is 1.73. The highest BCUT2D eigenvalue weighted by Crippen LogP contribution is 2.17. The van der Waals surface area contributed by atoms with Crippen LogP contribution in [-0.2, 0) is 0 Å². The molecule has 1 aliphatic rings. The van der Waals surface area contributed by atoms with Gasteiger partial charge in [0.15, 0.2) is 0 Å². The number of hydrogen-bond acceptors (Lipinski definition) is 5. The minimum absolute atomic E-state index is 0.0764. The molecule has 1 fully saturated rings. The standard InChI is InChI=1S/C22H29N5O2/c1-25(2)10-6-9-24-21(28)18-15-19(17-23-16-18)22(29)27-13-11-26(12-14-27)20-7-4-3-5-8-20/h3-5,7-8,15-17H,6,9-14H2,1-2H3,(H,24,28). The van der Waals surface area contributed by atoms with Gasteiger partial charge in [-0.2, -0.15) is 0 Å². The number of amides is 2. The van der Waals surface area contributed by atoms with Gasteiger partial charge in [-0.15, -0.1) is 0 Å². The van der Waals surface area contributed by atoms with Crippen LogP contribution >= 0.6 is 0 Å². The van der Waals surface area contributed by atoms with E-state index in [1.54, 1.807) is 6.07 Å². The van der Waals surface area contributed by atoms with Gasteiger partial charge in [0.25, 0.3) is 11.8 Å². The fraction of sp³-hybridized carbons (Fsp3) is 0.409.